The summed E-state index contributed by atoms with van der Waals surface area (Å²) in [4.78, 5) is 6.63. The second-order valence-corrected chi connectivity index (χ2v) is 5.50. The van der Waals surface area contributed by atoms with Crippen molar-refractivity contribution < 1.29 is 0 Å². The second-order valence-electron chi connectivity index (χ2n) is 4.42. The molecular weight excluding hydrogens is 266 g/mol. The lowest BCUT2D eigenvalue weighted by Crippen LogP contribution is -2.17. The smallest absolute Gasteiger partial charge is 0.126 e. The van der Waals surface area contributed by atoms with E-state index in [1.807, 2.05) is 30.3 Å². The van der Waals surface area contributed by atoms with Crippen LogP contribution in [0.4, 0.5) is 0 Å². The average Bonchev–Trinajstić information content (AvgIpc) is 2.48. The standard InChI is InChI=1S/C16H19N3S/c1-12-6-2-4-8-14(12)20-15-9-5-3-7-13(15)16(18)19-11-10-17/h2-9H,10-11,17H2,1H3,(H2,18,19). The molecule has 3 nitrogen and oxygen atoms in total. The van der Waals surface area contributed by atoms with Crippen LogP contribution in [0.5, 0.6) is 0 Å². The van der Waals surface area contributed by atoms with E-state index >= 15 is 0 Å². The lowest BCUT2D eigenvalue weighted by molar-refractivity contribution is 0.972. The summed E-state index contributed by atoms with van der Waals surface area (Å²) in [5, 5.41) is 0. The zero-order chi connectivity index (χ0) is 14.4. The zero-order valence-electron chi connectivity index (χ0n) is 11.5. The quantitative estimate of drug-likeness (QED) is 0.656. The Balaban J connectivity index is 2.31. The van der Waals surface area contributed by atoms with Crippen LogP contribution in [0, 0.1) is 6.92 Å². The van der Waals surface area contributed by atoms with E-state index in [0.717, 1.165) is 10.5 Å². The summed E-state index contributed by atoms with van der Waals surface area (Å²) in [7, 11) is 0. The molecule has 0 aliphatic heterocycles. The molecule has 0 bridgehead atoms. The van der Waals surface area contributed by atoms with Gasteiger partial charge >= 0.3 is 0 Å². The molecule has 0 spiro atoms. The van der Waals surface area contributed by atoms with Crippen molar-refractivity contribution in [2.24, 2.45) is 16.5 Å². The van der Waals surface area contributed by atoms with Gasteiger partial charge in [-0.25, -0.2) is 0 Å². The topological polar surface area (TPSA) is 64.4 Å². The molecule has 20 heavy (non-hydrogen) atoms. The normalized spacial score (nSPS) is 11.6. The lowest BCUT2D eigenvalue weighted by Gasteiger charge is -2.10. The van der Waals surface area contributed by atoms with Gasteiger partial charge in [0.05, 0.1) is 6.54 Å². The Labute approximate surface area is 124 Å². The van der Waals surface area contributed by atoms with Crippen LogP contribution in [0.1, 0.15) is 11.1 Å². The molecule has 4 heteroatoms. The van der Waals surface area contributed by atoms with Crippen molar-refractivity contribution >= 4 is 17.6 Å². The van der Waals surface area contributed by atoms with Crippen molar-refractivity contribution in [3.63, 3.8) is 0 Å². The molecule has 0 atom stereocenters. The van der Waals surface area contributed by atoms with E-state index in [0.29, 0.717) is 18.9 Å². The molecule has 0 amide bonds. The molecule has 0 fully saturated rings. The molecule has 0 aliphatic carbocycles. The van der Waals surface area contributed by atoms with Crippen molar-refractivity contribution in [3.05, 3.63) is 59.7 Å². The fourth-order valence-electron chi connectivity index (χ4n) is 1.83. The van der Waals surface area contributed by atoms with Gasteiger partial charge in [0.25, 0.3) is 0 Å². The SMILES string of the molecule is Cc1ccccc1Sc1ccccc1C(N)=NCCN. The molecule has 2 aromatic carbocycles. The number of hydrogen-bond acceptors (Lipinski definition) is 3. The Bertz CT molecular complexity index is 608. The molecule has 0 aliphatic rings. The first-order chi connectivity index (χ1) is 9.72. The minimum atomic E-state index is 0.508. The summed E-state index contributed by atoms with van der Waals surface area (Å²) < 4.78 is 0. The van der Waals surface area contributed by atoms with Gasteiger partial charge in [-0.3, -0.25) is 4.99 Å². The third kappa shape index (κ3) is 3.62. The van der Waals surface area contributed by atoms with Crippen molar-refractivity contribution in [3.8, 4) is 0 Å². The molecule has 0 heterocycles. The van der Waals surface area contributed by atoms with Gasteiger partial charge in [-0.2, -0.15) is 0 Å². The first-order valence-corrected chi connectivity index (χ1v) is 7.37. The maximum atomic E-state index is 6.05. The third-order valence-electron chi connectivity index (χ3n) is 2.89. The summed E-state index contributed by atoms with van der Waals surface area (Å²) in [5.74, 6) is 0.548. The molecule has 0 radical (unpaired) electrons. The van der Waals surface area contributed by atoms with E-state index in [-0.39, 0.29) is 0 Å². The van der Waals surface area contributed by atoms with E-state index in [1.54, 1.807) is 11.8 Å². The Morgan fingerprint density at radius 1 is 1.05 bits per heavy atom. The summed E-state index contributed by atoms with van der Waals surface area (Å²) in [6, 6.07) is 16.4. The number of nitrogens with zero attached hydrogens (tertiary/aromatic N) is 1. The van der Waals surface area contributed by atoms with E-state index in [4.69, 9.17) is 11.5 Å². The van der Waals surface area contributed by atoms with E-state index in [2.05, 4.69) is 30.1 Å². The predicted octanol–water partition coefficient (Wildman–Crippen LogP) is 2.81. The van der Waals surface area contributed by atoms with Crippen LogP contribution in [-0.2, 0) is 0 Å². The van der Waals surface area contributed by atoms with Crippen LogP contribution in [0.15, 0.2) is 63.3 Å². The lowest BCUT2D eigenvalue weighted by atomic mass is 10.2. The van der Waals surface area contributed by atoms with E-state index < -0.39 is 0 Å². The Morgan fingerprint density at radius 2 is 1.70 bits per heavy atom. The maximum Gasteiger partial charge on any atom is 0.126 e. The van der Waals surface area contributed by atoms with E-state index in [1.165, 1.54) is 10.5 Å². The average molecular weight is 285 g/mol. The Hall–Kier alpha value is -1.78. The zero-order valence-corrected chi connectivity index (χ0v) is 12.4. The number of rotatable bonds is 5. The van der Waals surface area contributed by atoms with Gasteiger partial charge in [0, 0.05) is 21.9 Å². The summed E-state index contributed by atoms with van der Waals surface area (Å²) in [6.07, 6.45) is 0. The first-order valence-electron chi connectivity index (χ1n) is 6.55. The van der Waals surface area contributed by atoms with Crippen molar-refractivity contribution in [1.29, 1.82) is 0 Å². The third-order valence-corrected chi connectivity index (χ3v) is 4.14. The molecule has 0 unspecified atom stereocenters. The fourth-order valence-corrected chi connectivity index (χ4v) is 2.87. The molecule has 104 valence electrons. The summed E-state index contributed by atoms with van der Waals surface area (Å²) >= 11 is 1.71. The van der Waals surface area contributed by atoms with Gasteiger partial charge < -0.3 is 11.5 Å². The fraction of sp³-hybridized carbons (Fsp3) is 0.188. The summed E-state index contributed by atoms with van der Waals surface area (Å²) in [5.41, 5.74) is 13.7. The van der Waals surface area contributed by atoms with Crippen LogP contribution in [0.25, 0.3) is 0 Å². The molecule has 0 saturated carbocycles. The monoisotopic (exact) mass is 285 g/mol. The highest BCUT2D eigenvalue weighted by molar-refractivity contribution is 7.99. The van der Waals surface area contributed by atoms with Gasteiger partial charge in [0.1, 0.15) is 5.84 Å². The molecule has 0 saturated heterocycles. The van der Waals surface area contributed by atoms with Gasteiger partial charge in [-0.15, -0.1) is 0 Å². The van der Waals surface area contributed by atoms with Gasteiger partial charge in [-0.05, 0) is 24.6 Å². The van der Waals surface area contributed by atoms with Gasteiger partial charge in [0.15, 0.2) is 0 Å². The van der Waals surface area contributed by atoms with Crippen molar-refractivity contribution in [1.82, 2.24) is 0 Å². The number of hydrogen-bond donors (Lipinski definition) is 2. The second kappa shape index (κ2) is 7.12. The molecule has 2 aromatic rings. The van der Waals surface area contributed by atoms with E-state index in [9.17, 15) is 0 Å². The number of aryl methyl sites for hydroxylation is 1. The van der Waals surface area contributed by atoms with Crippen molar-refractivity contribution in [2.75, 3.05) is 13.1 Å². The van der Waals surface area contributed by atoms with Crippen LogP contribution in [-0.4, -0.2) is 18.9 Å². The molecule has 2 rings (SSSR count). The van der Waals surface area contributed by atoms with Crippen LogP contribution in [0.3, 0.4) is 0 Å². The van der Waals surface area contributed by atoms with Crippen LogP contribution >= 0.6 is 11.8 Å². The highest BCUT2D eigenvalue weighted by Gasteiger charge is 2.08. The molecular formula is C16H19N3S. The van der Waals surface area contributed by atoms with Gasteiger partial charge in [-0.1, -0.05) is 48.2 Å². The molecule has 0 aromatic heterocycles. The number of benzene rings is 2. The Morgan fingerprint density at radius 3 is 2.40 bits per heavy atom. The Kier molecular flexibility index (Phi) is 5.21. The number of amidine groups is 1. The minimum absolute atomic E-state index is 0.508. The largest absolute Gasteiger partial charge is 0.383 e. The number of nitrogens with two attached hydrogens (primary N) is 2. The highest BCUT2D eigenvalue weighted by atomic mass is 32.2. The van der Waals surface area contributed by atoms with Crippen LogP contribution < -0.4 is 11.5 Å². The predicted molar refractivity (Wildman–Crippen MR) is 86.4 cm³/mol. The molecule has 4 N–H and O–H groups in total. The van der Waals surface area contributed by atoms with Gasteiger partial charge in [0.2, 0.25) is 0 Å². The summed E-state index contributed by atoms with van der Waals surface area (Å²) in [6.45, 7) is 3.17. The number of aliphatic imine (C=N–C) groups is 1. The minimum Gasteiger partial charge on any atom is -0.383 e. The highest BCUT2D eigenvalue weighted by Crippen LogP contribution is 2.32. The maximum absolute atomic E-state index is 6.05. The first kappa shape index (κ1) is 14.6. The van der Waals surface area contributed by atoms with Crippen LogP contribution in [0.2, 0.25) is 0 Å². The van der Waals surface area contributed by atoms with Crippen molar-refractivity contribution in [2.45, 2.75) is 16.7 Å².